The summed E-state index contributed by atoms with van der Waals surface area (Å²) in [5.74, 6) is -1.04. The van der Waals surface area contributed by atoms with Gasteiger partial charge in [-0.3, -0.25) is 14.6 Å². The van der Waals surface area contributed by atoms with E-state index in [1.54, 1.807) is 43.5 Å². The molecule has 1 amide bonds. The first-order valence-electron chi connectivity index (χ1n) is 7.54. The molecule has 2 aromatic rings. The first kappa shape index (κ1) is 15.7. The Morgan fingerprint density at radius 2 is 2.21 bits per heavy atom. The van der Waals surface area contributed by atoms with E-state index >= 15 is 0 Å². The van der Waals surface area contributed by atoms with Gasteiger partial charge in [0.25, 0.3) is 5.91 Å². The van der Waals surface area contributed by atoms with E-state index < -0.39 is 23.5 Å². The van der Waals surface area contributed by atoms with Gasteiger partial charge in [-0.05, 0) is 43.3 Å². The maximum Gasteiger partial charge on any atom is 0.290 e. The molecule has 1 aliphatic heterocycles. The van der Waals surface area contributed by atoms with Crippen molar-refractivity contribution in [3.05, 3.63) is 71.7 Å². The Morgan fingerprint density at radius 1 is 1.38 bits per heavy atom. The minimum atomic E-state index is -0.697. The zero-order chi connectivity index (χ0) is 17.1. The molecule has 1 atom stereocenters. The number of furan rings is 1. The lowest BCUT2D eigenvalue weighted by Gasteiger charge is -2.24. The number of hydrogen-bond donors (Lipinski definition) is 1. The average molecular weight is 324 g/mol. The zero-order valence-corrected chi connectivity index (χ0v) is 13.0. The summed E-state index contributed by atoms with van der Waals surface area (Å²) in [6.45, 7) is 2.13. The van der Waals surface area contributed by atoms with E-state index in [0.29, 0.717) is 18.0 Å². The largest absolute Gasteiger partial charge is 0.503 e. The molecule has 0 aromatic carbocycles. The van der Waals surface area contributed by atoms with Crippen molar-refractivity contribution in [2.45, 2.75) is 13.0 Å². The fraction of sp³-hybridized carbons (Fsp3) is 0.167. The van der Waals surface area contributed by atoms with Crippen molar-refractivity contribution in [2.24, 2.45) is 0 Å². The molecule has 0 saturated carbocycles. The van der Waals surface area contributed by atoms with Gasteiger partial charge in [0.2, 0.25) is 0 Å². The predicted molar refractivity (Wildman–Crippen MR) is 86.8 cm³/mol. The summed E-state index contributed by atoms with van der Waals surface area (Å²) in [5.41, 5.74) is 0.565. The van der Waals surface area contributed by atoms with Crippen molar-refractivity contribution in [3.8, 4) is 0 Å². The second-order valence-corrected chi connectivity index (χ2v) is 5.22. The first-order valence-corrected chi connectivity index (χ1v) is 7.54. The number of nitrogens with zero attached hydrogens (tertiary/aromatic N) is 2. The topological polar surface area (TPSA) is 83.6 Å². The molecular formula is C18H16N2O4. The van der Waals surface area contributed by atoms with Gasteiger partial charge in [-0.15, -0.1) is 0 Å². The number of amides is 1. The summed E-state index contributed by atoms with van der Waals surface area (Å²) in [6, 6.07) is 7.96. The average Bonchev–Trinajstić information content (AvgIpc) is 3.21. The molecular weight excluding hydrogens is 308 g/mol. The molecule has 1 unspecified atom stereocenters. The molecule has 0 saturated heterocycles. The summed E-state index contributed by atoms with van der Waals surface area (Å²) in [5, 5.41) is 10.2. The van der Waals surface area contributed by atoms with Crippen LogP contribution in [0.3, 0.4) is 0 Å². The highest BCUT2D eigenvalue weighted by Gasteiger charge is 2.42. The van der Waals surface area contributed by atoms with Crippen LogP contribution in [0.4, 0.5) is 0 Å². The molecule has 2 aromatic heterocycles. The second-order valence-electron chi connectivity index (χ2n) is 5.22. The number of carbonyl (C=O) groups is 2. The molecule has 24 heavy (non-hydrogen) atoms. The van der Waals surface area contributed by atoms with Gasteiger partial charge in [0.05, 0.1) is 17.5 Å². The minimum absolute atomic E-state index is 0.0309. The fourth-order valence-electron chi connectivity index (χ4n) is 2.71. The molecule has 0 fully saturated rings. The second kappa shape index (κ2) is 6.54. The number of aliphatic hydroxyl groups excluding tert-OH is 1. The van der Waals surface area contributed by atoms with Crippen molar-refractivity contribution in [3.63, 3.8) is 0 Å². The van der Waals surface area contributed by atoms with Crippen LogP contribution < -0.4 is 0 Å². The van der Waals surface area contributed by atoms with Crippen LogP contribution in [0.2, 0.25) is 0 Å². The van der Waals surface area contributed by atoms with Crippen LogP contribution in [0.25, 0.3) is 6.08 Å². The number of rotatable bonds is 5. The highest BCUT2D eigenvalue weighted by atomic mass is 16.3. The van der Waals surface area contributed by atoms with E-state index in [1.165, 1.54) is 23.3 Å². The van der Waals surface area contributed by atoms with Crippen LogP contribution in [-0.4, -0.2) is 33.2 Å². The molecule has 3 heterocycles. The Bertz CT molecular complexity index is 807. The summed E-state index contributed by atoms with van der Waals surface area (Å²) in [4.78, 5) is 30.5. The SMILES string of the molecule is CCN1C(=O)C(O)=C(C(=O)/C=C/c2ccco2)C1c1ccccn1. The van der Waals surface area contributed by atoms with E-state index in [4.69, 9.17) is 4.42 Å². The Morgan fingerprint density at radius 3 is 2.83 bits per heavy atom. The van der Waals surface area contributed by atoms with E-state index in [0.717, 1.165) is 0 Å². The van der Waals surface area contributed by atoms with Crippen molar-refractivity contribution in [1.82, 2.24) is 9.88 Å². The third-order valence-electron chi connectivity index (χ3n) is 3.82. The lowest BCUT2D eigenvalue weighted by Crippen LogP contribution is -2.31. The van der Waals surface area contributed by atoms with Gasteiger partial charge in [-0.2, -0.15) is 0 Å². The number of ketones is 1. The van der Waals surface area contributed by atoms with Gasteiger partial charge in [-0.25, -0.2) is 0 Å². The molecule has 1 aliphatic rings. The maximum atomic E-state index is 12.6. The van der Waals surface area contributed by atoms with Crippen molar-refractivity contribution in [1.29, 1.82) is 0 Å². The van der Waals surface area contributed by atoms with Crippen molar-refractivity contribution in [2.75, 3.05) is 6.54 Å². The maximum absolute atomic E-state index is 12.6. The standard InChI is InChI=1S/C18H16N2O4/c1-2-20-16(13-7-3-4-10-19-13)15(17(22)18(20)23)14(21)9-8-12-6-5-11-24-12/h3-11,16,22H,2H2,1H3/b9-8+. The lowest BCUT2D eigenvalue weighted by atomic mass is 9.99. The van der Waals surface area contributed by atoms with E-state index in [2.05, 4.69) is 4.98 Å². The molecule has 0 bridgehead atoms. The Kier molecular flexibility index (Phi) is 4.29. The van der Waals surface area contributed by atoms with E-state index in [1.807, 2.05) is 0 Å². The fourth-order valence-corrected chi connectivity index (χ4v) is 2.71. The van der Waals surface area contributed by atoms with Gasteiger partial charge in [0.15, 0.2) is 11.5 Å². The quantitative estimate of drug-likeness (QED) is 0.855. The van der Waals surface area contributed by atoms with Gasteiger partial charge < -0.3 is 14.4 Å². The molecule has 6 heteroatoms. The first-order chi connectivity index (χ1) is 11.6. The van der Waals surface area contributed by atoms with Crippen LogP contribution in [0.5, 0.6) is 0 Å². The Labute approximate surface area is 138 Å². The number of allylic oxidation sites excluding steroid dienone is 1. The number of pyridine rings is 1. The smallest absolute Gasteiger partial charge is 0.290 e. The normalized spacial score (nSPS) is 18.0. The highest BCUT2D eigenvalue weighted by Crippen LogP contribution is 2.36. The molecule has 0 aliphatic carbocycles. The van der Waals surface area contributed by atoms with Crippen LogP contribution in [0, 0.1) is 0 Å². The van der Waals surface area contributed by atoms with Crippen LogP contribution in [0.15, 0.2) is 64.6 Å². The Hall–Kier alpha value is -3.15. The van der Waals surface area contributed by atoms with Crippen LogP contribution in [-0.2, 0) is 9.59 Å². The number of hydrogen-bond acceptors (Lipinski definition) is 5. The highest BCUT2D eigenvalue weighted by molar-refractivity contribution is 6.14. The number of carbonyl (C=O) groups excluding carboxylic acids is 2. The minimum Gasteiger partial charge on any atom is -0.503 e. The number of aliphatic hydroxyl groups is 1. The van der Waals surface area contributed by atoms with Crippen molar-refractivity contribution >= 4 is 17.8 Å². The third kappa shape index (κ3) is 2.74. The molecule has 0 spiro atoms. The molecule has 1 N–H and O–H groups in total. The van der Waals surface area contributed by atoms with Crippen molar-refractivity contribution < 1.29 is 19.1 Å². The lowest BCUT2D eigenvalue weighted by molar-refractivity contribution is -0.129. The van der Waals surface area contributed by atoms with E-state index in [9.17, 15) is 14.7 Å². The number of aromatic nitrogens is 1. The van der Waals surface area contributed by atoms with E-state index in [-0.39, 0.29) is 5.57 Å². The van der Waals surface area contributed by atoms with Crippen LogP contribution in [0.1, 0.15) is 24.4 Å². The molecule has 122 valence electrons. The van der Waals surface area contributed by atoms with Crippen LogP contribution >= 0.6 is 0 Å². The summed E-state index contributed by atoms with van der Waals surface area (Å²) >= 11 is 0. The predicted octanol–water partition coefficient (Wildman–Crippen LogP) is 2.67. The van der Waals surface area contributed by atoms with Gasteiger partial charge in [0.1, 0.15) is 11.8 Å². The number of likely N-dealkylation sites (N-methyl/N-ethyl adjacent to an activating group) is 1. The zero-order valence-electron chi connectivity index (χ0n) is 13.0. The molecule has 6 nitrogen and oxygen atoms in total. The third-order valence-corrected chi connectivity index (χ3v) is 3.82. The van der Waals surface area contributed by atoms with Gasteiger partial charge in [0, 0.05) is 12.7 Å². The van der Waals surface area contributed by atoms with Gasteiger partial charge in [-0.1, -0.05) is 6.07 Å². The van der Waals surface area contributed by atoms with Gasteiger partial charge >= 0.3 is 0 Å². The molecule has 3 rings (SSSR count). The monoisotopic (exact) mass is 324 g/mol. The molecule has 0 radical (unpaired) electrons. The summed E-state index contributed by atoms with van der Waals surface area (Å²) < 4.78 is 5.14. The summed E-state index contributed by atoms with van der Waals surface area (Å²) in [6.07, 6.45) is 5.86. The Balaban J connectivity index is 1.99. The summed E-state index contributed by atoms with van der Waals surface area (Å²) in [7, 11) is 0.